The van der Waals surface area contributed by atoms with E-state index in [4.69, 9.17) is 23.2 Å². The highest BCUT2D eigenvalue weighted by Crippen LogP contribution is 2.30. The van der Waals surface area contributed by atoms with Crippen LogP contribution in [-0.2, 0) is 32.6 Å². The summed E-state index contributed by atoms with van der Waals surface area (Å²) in [6.45, 7) is 3.74. The third-order valence-electron chi connectivity index (χ3n) is 7.04. The normalized spacial score (nSPS) is 11.9. The van der Waals surface area contributed by atoms with Crippen LogP contribution in [0.15, 0.2) is 108 Å². The number of halogens is 2. The van der Waals surface area contributed by atoms with Gasteiger partial charge in [0.05, 0.1) is 10.6 Å². The van der Waals surface area contributed by atoms with E-state index in [-0.39, 0.29) is 39.5 Å². The van der Waals surface area contributed by atoms with E-state index in [9.17, 15) is 18.0 Å². The average Bonchev–Trinajstić information content (AvgIpc) is 3.01. The highest BCUT2D eigenvalue weighted by molar-refractivity contribution is 7.92. The SMILES string of the molecule is CCCNC(=O)C(Cc1ccccc1)N(Cc1ccccc1)C(=O)CN(c1cc(Cl)cc(Cl)c1)S(=O)(=O)c1ccc(C)cc1. The summed E-state index contributed by atoms with van der Waals surface area (Å²) < 4.78 is 29.2. The van der Waals surface area contributed by atoms with Crippen LogP contribution in [0.5, 0.6) is 0 Å². The van der Waals surface area contributed by atoms with E-state index in [0.29, 0.717) is 13.0 Å². The molecule has 1 atom stereocenters. The molecule has 0 fully saturated rings. The second kappa shape index (κ2) is 15.2. The molecule has 4 rings (SSSR count). The van der Waals surface area contributed by atoms with Crippen molar-refractivity contribution in [1.82, 2.24) is 10.2 Å². The van der Waals surface area contributed by atoms with Crippen molar-refractivity contribution >= 4 is 50.7 Å². The van der Waals surface area contributed by atoms with Crippen LogP contribution >= 0.6 is 23.2 Å². The molecular formula is C34H35Cl2N3O4S. The molecule has 1 unspecified atom stereocenters. The predicted octanol–water partition coefficient (Wildman–Crippen LogP) is 6.66. The molecular weight excluding hydrogens is 617 g/mol. The van der Waals surface area contributed by atoms with Crippen molar-refractivity contribution in [3.05, 3.63) is 130 Å². The average molecular weight is 653 g/mol. The van der Waals surface area contributed by atoms with Gasteiger partial charge in [-0.3, -0.25) is 13.9 Å². The number of carbonyl (C=O) groups is 2. The Kier molecular flexibility index (Phi) is 11.4. The molecule has 0 saturated heterocycles. The topological polar surface area (TPSA) is 86.8 Å². The first-order chi connectivity index (χ1) is 21.1. The summed E-state index contributed by atoms with van der Waals surface area (Å²) in [6, 6.07) is 28.5. The molecule has 0 aliphatic heterocycles. The number of anilines is 1. The number of carbonyl (C=O) groups excluding carboxylic acids is 2. The first-order valence-electron chi connectivity index (χ1n) is 14.3. The van der Waals surface area contributed by atoms with Crippen molar-refractivity contribution in [1.29, 1.82) is 0 Å². The van der Waals surface area contributed by atoms with Gasteiger partial charge in [-0.2, -0.15) is 0 Å². The maximum atomic E-state index is 14.4. The molecule has 10 heteroatoms. The lowest BCUT2D eigenvalue weighted by Gasteiger charge is -2.34. The monoisotopic (exact) mass is 651 g/mol. The van der Waals surface area contributed by atoms with Gasteiger partial charge in [0.25, 0.3) is 10.0 Å². The summed E-state index contributed by atoms with van der Waals surface area (Å²) in [5.74, 6) is -0.882. The van der Waals surface area contributed by atoms with Crippen LogP contribution in [0.1, 0.15) is 30.0 Å². The quantitative estimate of drug-likeness (QED) is 0.175. The van der Waals surface area contributed by atoms with Crippen LogP contribution in [0.2, 0.25) is 10.0 Å². The van der Waals surface area contributed by atoms with E-state index in [1.807, 2.05) is 74.5 Å². The Labute approximate surface area is 269 Å². The van der Waals surface area contributed by atoms with Gasteiger partial charge < -0.3 is 10.2 Å². The number of sulfonamides is 1. The van der Waals surface area contributed by atoms with Gasteiger partial charge in [0.2, 0.25) is 11.8 Å². The van der Waals surface area contributed by atoms with E-state index in [0.717, 1.165) is 21.0 Å². The second-order valence-electron chi connectivity index (χ2n) is 10.5. The third-order valence-corrected chi connectivity index (χ3v) is 9.26. The number of nitrogens with one attached hydrogen (secondary N) is 1. The van der Waals surface area contributed by atoms with Gasteiger partial charge in [-0.05, 0) is 54.8 Å². The fraction of sp³-hybridized carbons (Fsp3) is 0.235. The van der Waals surface area contributed by atoms with Crippen LogP contribution in [0.25, 0.3) is 0 Å². The molecule has 4 aromatic carbocycles. The van der Waals surface area contributed by atoms with E-state index < -0.39 is 28.5 Å². The van der Waals surface area contributed by atoms with Gasteiger partial charge in [-0.25, -0.2) is 8.42 Å². The lowest BCUT2D eigenvalue weighted by Crippen LogP contribution is -2.53. The standard InChI is InChI=1S/C34H35Cl2N3O4S/c1-3-18-37-34(41)32(19-26-10-6-4-7-11-26)38(23-27-12-8-5-9-13-27)33(40)24-39(30-21-28(35)20-29(36)22-30)44(42,43)31-16-14-25(2)15-17-31/h4-17,20-22,32H,3,18-19,23-24H2,1-2H3,(H,37,41). The fourth-order valence-corrected chi connectivity index (χ4v) is 6.66. The van der Waals surface area contributed by atoms with Crippen molar-refractivity contribution in [3.8, 4) is 0 Å². The summed E-state index contributed by atoms with van der Waals surface area (Å²) in [4.78, 5) is 29.5. The third kappa shape index (κ3) is 8.62. The van der Waals surface area contributed by atoms with Crippen molar-refractivity contribution < 1.29 is 18.0 Å². The zero-order valence-corrected chi connectivity index (χ0v) is 26.9. The second-order valence-corrected chi connectivity index (χ2v) is 13.2. The van der Waals surface area contributed by atoms with Crippen LogP contribution in [0.4, 0.5) is 5.69 Å². The molecule has 44 heavy (non-hydrogen) atoms. The summed E-state index contributed by atoms with van der Waals surface area (Å²) in [5, 5.41) is 3.36. The van der Waals surface area contributed by atoms with E-state index in [1.54, 1.807) is 12.1 Å². The van der Waals surface area contributed by atoms with Gasteiger partial charge in [0.1, 0.15) is 12.6 Å². The smallest absolute Gasteiger partial charge is 0.264 e. The minimum atomic E-state index is -4.26. The summed E-state index contributed by atoms with van der Waals surface area (Å²) >= 11 is 12.6. The number of rotatable bonds is 13. The maximum absolute atomic E-state index is 14.4. The molecule has 0 saturated carbocycles. The molecule has 0 radical (unpaired) electrons. The lowest BCUT2D eigenvalue weighted by atomic mass is 10.0. The zero-order chi connectivity index (χ0) is 31.7. The number of nitrogens with zero attached hydrogens (tertiary/aromatic N) is 2. The predicted molar refractivity (Wildman–Crippen MR) is 176 cm³/mol. The summed E-state index contributed by atoms with van der Waals surface area (Å²) in [7, 11) is -4.26. The van der Waals surface area contributed by atoms with Crippen molar-refractivity contribution in [3.63, 3.8) is 0 Å². The van der Waals surface area contributed by atoms with Gasteiger partial charge in [-0.1, -0.05) is 108 Å². The van der Waals surface area contributed by atoms with Crippen molar-refractivity contribution in [2.24, 2.45) is 0 Å². The van der Waals surface area contributed by atoms with Gasteiger partial charge >= 0.3 is 0 Å². The highest BCUT2D eigenvalue weighted by Gasteiger charge is 2.34. The molecule has 0 heterocycles. The Morgan fingerprint density at radius 1 is 0.818 bits per heavy atom. The Bertz CT molecular complexity index is 1650. The number of hydrogen-bond acceptors (Lipinski definition) is 4. The van der Waals surface area contributed by atoms with E-state index >= 15 is 0 Å². The number of benzene rings is 4. The molecule has 0 aliphatic carbocycles. The Morgan fingerprint density at radius 3 is 1.95 bits per heavy atom. The molecule has 2 amide bonds. The zero-order valence-electron chi connectivity index (χ0n) is 24.6. The Morgan fingerprint density at radius 2 is 1.39 bits per heavy atom. The van der Waals surface area contributed by atoms with E-state index in [2.05, 4.69) is 5.32 Å². The Hall–Kier alpha value is -3.85. The first kappa shape index (κ1) is 33.1. The fourth-order valence-electron chi connectivity index (χ4n) is 4.75. The largest absolute Gasteiger partial charge is 0.354 e. The molecule has 0 aliphatic rings. The van der Waals surface area contributed by atoms with Gasteiger partial charge in [0, 0.05) is 29.6 Å². The maximum Gasteiger partial charge on any atom is 0.264 e. The van der Waals surface area contributed by atoms with Crippen molar-refractivity contribution in [2.75, 3.05) is 17.4 Å². The van der Waals surface area contributed by atoms with E-state index in [1.165, 1.54) is 35.2 Å². The van der Waals surface area contributed by atoms with Crippen LogP contribution in [-0.4, -0.2) is 44.3 Å². The molecule has 0 aromatic heterocycles. The van der Waals surface area contributed by atoms with Gasteiger partial charge in [0.15, 0.2) is 0 Å². The molecule has 1 N–H and O–H groups in total. The number of hydrogen-bond donors (Lipinski definition) is 1. The molecule has 4 aromatic rings. The minimum Gasteiger partial charge on any atom is -0.354 e. The molecule has 0 bridgehead atoms. The highest BCUT2D eigenvalue weighted by atomic mass is 35.5. The molecule has 0 spiro atoms. The van der Waals surface area contributed by atoms with Crippen LogP contribution in [0, 0.1) is 6.92 Å². The van der Waals surface area contributed by atoms with Crippen LogP contribution in [0.3, 0.4) is 0 Å². The lowest BCUT2D eigenvalue weighted by molar-refractivity contribution is -0.140. The molecule has 7 nitrogen and oxygen atoms in total. The first-order valence-corrected chi connectivity index (χ1v) is 16.5. The summed E-state index contributed by atoms with van der Waals surface area (Å²) in [5.41, 5.74) is 2.67. The van der Waals surface area contributed by atoms with Gasteiger partial charge in [-0.15, -0.1) is 0 Å². The molecule has 230 valence electrons. The summed E-state index contributed by atoms with van der Waals surface area (Å²) in [6.07, 6.45) is 0.956. The minimum absolute atomic E-state index is 0.00290. The number of amides is 2. The van der Waals surface area contributed by atoms with Crippen LogP contribution < -0.4 is 9.62 Å². The Balaban J connectivity index is 1.80. The number of aryl methyl sites for hydroxylation is 1. The van der Waals surface area contributed by atoms with Crippen molar-refractivity contribution in [2.45, 2.75) is 44.2 Å².